The molecule has 5 unspecified atom stereocenters. The van der Waals surface area contributed by atoms with Crippen LogP contribution in [0.2, 0.25) is 0 Å². The number of aliphatic hydroxyl groups excluding tert-OH is 1. The molecule has 2 N–H and O–H groups in total. The highest BCUT2D eigenvalue weighted by Crippen LogP contribution is 2.38. The molecule has 2 rings (SSSR count). The van der Waals surface area contributed by atoms with Crippen molar-refractivity contribution in [3.05, 3.63) is 36.0 Å². The van der Waals surface area contributed by atoms with E-state index in [2.05, 4.69) is 6.58 Å². The van der Waals surface area contributed by atoms with Crippen LogP contribution in [0.4, 0.5) is 0 Å². The van der Waals surface area contributed by atoms with E-state index in [0.29, 0.717) is 5.57 Å². The predicted octanol–water partition coefficient (Wildman–Crippen LogP) is 1.24. The van der Waals surface area contributed by atoms with Crippen molar-refractivity contribution in [1.29, 1.82) is 0 Å². The fraction of sp³-hybridized carbons (Fsp3) is 0.550. The van der Waals surface area contributed by atoms with E-state index in [1.807, 2.05) is 0 Å². The average molecular weight is 378 g/mol. The largest absolute Gasteiger partial charge is 0.458 e. The van der Waals surface area contributed by atoms with Gasteiger partial charge in [-0.05, 0) is 39.3 Å². The van der Waals surface area contributed by atoms with Crippen molar-refractivity contribution < 1.29 is 34.1 Å². The van der Waals surface area contributed by atoms with Gasteiger partial charge in [0, 0.05) is 23.5 Å². The molecule has 1 aliphatic carbocycles. The van der Waals surface area contributed by atoms with Gasteiger partial charge in [0.2, 0.25) is 0 Å². The van der Waals surface area contributed by atoms with Crippen molar-refractivity contribution in [2.45, 2.75) is 51.4 Å². The van der Waals surface area contributed by atoms with Gasteiger partial charge in [-0.3, -0.25) is 4.79 Å². The topological polar surface area (TPSA) is 110 Å². The Balaban J connectivity index is 2.46. The highest BCUT2D eigenvalue weighted by Gasteiger charge is 2.48. The summed E-state index contributed by atoms with van der Waals surface area (Å²) in [5.74, 6) is -3.09. The fourth-order valence-electron chi connectivity index (χ4n) is 3.33. The van der Waals surface area contributed by atoms with Crippen molar-refractivity contribution in [1.82, 2.24) is 0 Å². The summed E-state index contributed by atoms with van der Waals surface area (Å²) in [5, 5.41) is 20.2. The second-order valence-electron chi connectivity index (χ2n) is 7.32. The van der Waals surface area contributed by atoms with Gasteiger partial charge in [-0.2, -0.15) is 0 Å². The Kier molecular flexibility index (Phi) is 6.38. The SMILES string of the molecule is C=C1C(=O)OC2CC(CO)C(=O)C=CC(C)(O)CC(OC(=O)C(C)=CC)C12. The Morgan fingerprint density at radius 1 is 1.48 bits per heavy atom. The van der Waals surface area contributed by atoms with Crippen molar-refractivity contribution >= 4 is 17.7 Å². The monoisotopic (exact) mass is 378 g/mol. The zero-order chi connectivity index (χ0) is 20.4. The van der Waals surface area contributed by atoms with Crippen molar-refractivity contribution in [3.63, 3.8) is 0 Å². The number of ether oxygens (including phenoxy) is 2. The van der Waals surface area contributed by atoms with Crippen LogP contribution < -0.4 is 0 Å². The zero-order valence-electron chi connectivity index (χ0n) is 15.8. The summed E-state index contributed by atoms with van der Waals surface area (Å²) < 4.78 is 10.9. The van der Waals surface area contributed by atoms with E-state index in [4.69, 9.17) is 9.47 Å². The molecule has 0 spiro atoms. The number of fused-ring (bicyclic) bond motifs is 1. The van der Waals surface area contributed by atoms with Crippen LogP contribution in [-0.2, 0) is 23.9 Å². The van der Waals surface area contributed by atoms with Gasteiger partial charge in [0.25, 0.3) is 0 Å². The van der Waals surface area contributed by atoms with Gasteiger partial charge in [-0.15, -0.1) is 0 Å². The number of esters is 2. The Morgan fingerprint density at radius 2 is 2.15 bits per heavy atom. The summed E-state index contributed by atoms with van der Waals surface area (Å²) >= 11 is 0. The van der Waals surface area contributed by atoms with Gasteiger partial charge in [-0.1, -0.05) is 12.7 Å². The predicted molar refractivity (Wildman–Crippen MR) is 96.4 cm³/mol. The van der Waals surface area contributed by atoms with E-state index in [1.54, 1.807) is 19.9 Å². The molecular weight excluding hydrogens is 352 g/mol. The van der Waals surface area contributed by atoms with Gasteiger partial charge < -0.3 is 19.7 Å². The fourth-order valence-corrected chi connectivity index (χ4v) is 3.33. The average Bonchev–Trinajstić information content (AvgIpc) is 2.89. The molecule has 0 radical (unpaired) electrons. The molecule has 5 atom stereocenters. The van der Waals surface area contributed by atoms with E-state index in [1.165, 1.54) is 19.1 Å². The molecule has 0 amide bonds. The molecule has 0 aromatic carbocycles. The van der Waals surface area contributed by atoms with E-state index in [-0.39, 0.29) is 24.2 Å². The molecule has 1 fully saturated rings. The van der Waals surface area contributed by atoms with Crippen LogP contribution in [0.3, 0.4) is 0 Å². The van der Waals surface area contributed by atoms with Crippen LogP contribution in [0.25, 0.3) is 0 Å². The van der Waals surface area contributed by atoms with Crippen LogP contribution >= 0.6 is 0 Å². The smallest absolute Gasteiger partial charge is 0.334 e. The Hall–Kier alpha value is -2.25. The first-order valence-corrected chi connectivity index (χ1v) is 8.89. The quantitative estimate of drug-likeness (QED) is 0.561. The second-order valence-corrected chi connectivity index (χ2v) is 7.32. The number of hydrogen-bond acceptors (Lipinski definition) is 7. The summed E-state index contributed by atoms with van der Waals surface area (Å²) in [4.78, 5) is 36.7. The minimum atomic E-state index is -1.47. The molecule has 7 heteroatoms. The first-order valence-electron chi connectivity index (χ1n) is 8.89. The maximum absolute atomic E-state index is 12.3. The van der Waals surface area contributed by atoms with E-state index < -0.39 is 48.2 Å². The third kappa shape index (κ3) is 4.73. The third-order valence-electron chi connectivity index (χ3n) is 5.10. The van der Waals surface area contributed by atoms with Crippen LogP contribution in [-0.4, -0.2) is 52.4 Å². The normalized spacial score (nSPS) is 34.9. The zero-order valence-corrected chi connectivity index (χ0v) is 15.8. The summed E-state index contributed by atoms with van der Waals surface area (Å²) in [6.07, 6.45) is 2.50. The standard InChI is InChI=1S/C20H26O7/c1-5-11(2)18(23)27-16-9-20(4,25)7-6-14(22)13(10-21)8-15-17(16)12(3)19(24)26-15/h5-7,13,15-17,21,25H,3,8-10H2,1-2,4H3. The molecule has 0 bridgehead atoms. The molecule has 7 nitrogen and oxygen atoms in total. The summed E-state index contributed by atoms with van der Waals surface area (Å²) in [6.45, 7) is 8.11. The second kappa shape index (κ2) is 8.19. The summed E-state index contributed by atoms with van der Waals surface area (Å²) in [5.41, 5.74) is -0.961. The van der Waals surface area contributed by atoms with Crippen molar-refractivity contribution in [2.24, 2.45) is 11.8 Å². The third-order valence-corrected chi connectivity index (χ3v) is 5.10. The van der Waals surface area contributed by atoms with Crippen molar-refractivity contribution in [2.75, 3.05) is 6.61 Å². The summed E-state index contributed by atoms with van der Waals surface area (Å²) in [6, 6.07) is 0. The van der Waals surface area contributed by atoms with Gasteiger partial charge >= 0.3 is 11.9 Å². The number of carbonyl (C=O) groups excluding carboxylic acids is 3. The number of carbonyl (C=O) groups is 3. The lowest BCUT2D eigenvalue weighted by Gasteiger charge is -2.33. The molecule has 1 saturated heterocycles. The number of rotatable bonds is 3. The Bertz CT molecular complexity index is 701. The number of hydrogen-bond donors (Lipinski definition) is 2. The minimum Gasteiger partial charge on any atom is -0.458 e. The lowest BCUT2D eigenvalue weighted by Crippen LogP contribution is -2.41. The van der Waals surface area contributed by atoms with Crippen LogP contribution in [0.1, 0.15) is 33.6 Å². The summed E-state index contributed by atoms with van der Waals surface area (Å²) in [7, 11) is 0. The first kappa shape index (κ1) is 21.1. The number of allylic oxidation sites excluding steroid dienone is 2. The Morgan fingerprint density at radius 3 is 2.74 bits per heavy atom. The molecule has 0 aromatic rings. The van der Waals surface area contributed by atoms with Crippen molar-refractivity contribution in [3.8, 4) is 0 Å². The highest BCUT2D eigenvalue weighted by molar-refractivity contribution is 5.93. The van der Waals surface area contributed by atoms with Gasteiger partial charge in [0.15, 0.2) is 5.78 Å². The Labute approximate surface area is 158 Å². The van der Waals surface area contributed by atoms with E-state index in [9.17, 15) is 24.6 Å². The molecule has 2 aliphatic rings. The van der Waals surface area contributed by atoms with Gasteiger partial charge in [-0.25, -0.2) is 9.59 Å². The van der Waals surface area contributed by atoms with Gasteiger partial charge in [0.1, 0.15) is 12.2 Å². The van der Waals surface area contributed by atoms with Crippen LogP contribution in [0.5, 0.6) is 0 Å². The number of ketones is 1. The lowest BCUT2D eigenvalue weighted by molar-refractivity contribution is -0.152. The maximum atomic E-state index is 12.3. The first-order chi connectivity index (χ1) is 12.6. The molecule has 0 aromatic heterocycles. The molecule has 1 aliphatic heterocycles. The molecular formula is C20H26O7. The van der Waals surface area contributed by atoms with Crippen LogP contribution in [0, 0.1) is 11.8 Å². The highest BCUT2D eigenvalue weighted by atomic mass is 16.6. The molecule has 148 valence electrons. The van der Waals surface area contributed by atoms with E-state index in [0.717, 1.165) is 0 Å². The van der Waals surface area contributed by atoms with E-state index >= 15 is 0 Å². The van der Waals surface area contributed by atoms with Gasteiger partial charge in [0.05, 0.1) is 18.1 Å². The minimum absolute atomic E-state index is 0.0415. The number of aliphatic hydroxyl groups is 2. The molecule has 0 saturated carbocycles. The molecule has 1 heterocycles. The molecule has 27 heavy (non-hydrogen) atoms. The maximum Gasteiger partial charge on any atom is 0.334 e. The van der Waals surface area contributed by atoms with Crippen LogP contribution in [0.15, 0.2) is 36.0 Å². The lowest BCUT2D eigenvalue weighted by atomic mass is 9.79.